The highest BCUT2D eigenvalue weighted by Crippen LogP contribution is 2.08. The van der Waals surface area contributed by atoms with E-state index in [1.807, 2.05) is 6.92 Å². The summed E-state index contributed by atoms with van der Waals surface area (Å²) >= 11 is 0. The van der Waals surface area contributed by atoms with Gasteiger partial charge in [-0.1, -0.05) is 20.3 Å². The van der Waals surface area contributed by atoms with Crippen molar-refractivity contribution in [1.29, 1.82) is 0 Å². The van der Waals surface area contributed by atoms with Gasteiger partial charge in [0.25, 0.3) is 0 Å². The highest BCUT2D eigenvalue weighted by Gasteiger charge is 2.15. The van der Waals surface area contributed by atoms with E-state index in [2.05, 4.69) is 6.92 Å². The minimum Gasteiger partial charge on any atom is -0.466 e. The number of hydrogen-bond donors (Lipinski definition) is 1. The van der Waals surface area contributed by atoms with Gasteiger partial charge >= 0.3 is 5.97 Å². The van der Waals surface area contributed by atoms with Gasteiger partial charge in [0.2, 0.25) is 0 Å². The number of carbonyl (C=O) groups is 1. The van der Waals surface area contributed by atoms with E-state index in [0.717, 1.165) is 6.42 Å². The SMILES string of the molecule is CCOC(=O)C[C@@H](N)C(C)CC. The summed E-state index contributed by atoms with van der Waals surface area (Å²) in [6, 6.07) is -0.0611. The molecule has 0 aliphatic rings. The molecule has 0 aromatic carbocycles. The Labute approximate surface area is 74.3 Å². The summed E-state index contributed by atoms with van der Waals surface area (Å²) in [5.41, 5.74) is 5.76. The molecular formula is C9H19NO2. The van der Waals surface area contributed by atoms with Crippen LogP contribution in [0.15, 0.2) is 0 Å². The van der Waals surface area contributed by atoms with Crippen LogP contribution in [0.25, 0.3) is 0 Å². The van der Waals surface area contributed by atoms with Gasteiger partial charge in [-0.05, 0) is 12.8 Å². The molecule has 0 saturated heterocycles. The van der Waals surface area contributed by atoms with Gasteiger partial charge in [-0.3, -0.25) is 4.79 Å². The fraction of sp³-hybridized carbons (Fsp3) is 0.889. The Morgan fingerprint density at radius 2 is 2.08 bits per heavy atom. The molecule has 0 radical (unpaired) electrons. The Morgan fingerprint density at radius 1 is 1.50 bits per heavy atom. The standard InChI is InChI=1S/C9H19NO2/c1-4-7(3)8(10)6-9(11)12-5-2/h7-8H,4-6,10H2,1-3H3/t7?,8-/m1/s1. The third kappa shape index (κ3) is 4.34. The van der Waals surface area contributed by atoms with Crippen LogP contribution in [0.4, 0.5) is 0 Å². The molecule has 72 valence electrons. The molecule has 0 spiro atoms. The molecule has 0 aromatic heterocycles. The normalized spacial score (nSPS) is 15.3. The van der Waals surface area contributed by atoms with E-state index in [4.69, 9.17) is 10.5 Å². The fourth-order valence-electron chi connectivity index (χ4n) is 0.916. The minimum atomic E-state index is -0.190. The van der Waals surface area contributed by atoms with E-state index in [-0.39, 0.29) is 12.0 Å². The number of carbonyl (C=O) groups excluding carboxylic acids is 1. The van der Waals surface area contributed by atoms with Crippen LogP contribution >= 0.6 is 0 Å². The Bertz CT molecular complexity index is 136. The first-order valence-corrected chi connectivity index (χ1v) is 4.53. The largest absolute Gasteiger partial charge is 0.466 e. The molecular weight excluding hydrogens is 154 g/mol. The number of esters is 1. The van der Waals surface area contributed by atoms with Crippen LogP contribution in [-0.2, 0) is 9.53 Å². The summed E-state index contributed by atoms with van der Waals surface area (Å²) in [5, 5.41) is 0. The van der Waals surface area contributed by atoms with Crippen LogP contribution in [0, 0.1) is 5.92 Å². The van der Waals surface area contributed by atoms with Crippen molar-refractivity contribution in [2.45, 2.75) is 39.7 Å². The number of hydrogen-bond acceptors (Lipinski definition) is 3. The molecule has 0 bridgehead atoms. The Balaban J connectivity index is 3.67. The van der Waals surface area contributed by atoms with E-state index in [1.165, 1.54) is 0 Å². The highest BCUT2D eigenvalue weighted by molar-refractivity contribution is 5.70. The maximum atomic E-state index is 11.0. The van der Waals surface area contributed by atoms with Crippen molar-refractivity contribution in [3.8, 4) is 0 Å². The molecule has 0 rings (SSSR count). The molecule has 12 heavy (non-hydrogen) atoms. The second-order valence-electron chi connectivity index (χ2n) is 3.06. The lowest BCUT2D eigenvalue weighted by atomic mass is 9.97. The Morgan fingerprint density at radius 3 is 2.50 bits per heavy atom. The van der Waals surface area contributed by atoms with Crippen LogP contribution in [0.5, 0.6) is 0 Å². The number of rotatable bonds is 5. The summed E-state index contributed by atoms with van der Waals surface area (Å²) in [5.74, 6) is 0.194. The molecule has 2 atom stereocenters. The van der Waals surface area contributed by atoms with Gasteiger partial charge in [0.15, 0.2) is 0 Å². The van der Waals surface area contributed by atoms with Gasteiger partial charge in [-0.25, -0.2) is 0 Å². The molecule has 0 heterocycles. The van der Waals surface area contributed by atoms with Crippen LogP contribution in [0.2, 0.25) is 0 Å². The topological polar surface area (TPSA) is 52.3 Å². The predicted molar refractivity (Wildman–Crippen MR) is 48.7 cm³/mol. The molecule has 0 aliphatic heterocycles. The first kappa shape index (κ1) is 11.4. The first-order chi connectivity index (χ1) is 5.61. The summed E-state index contributed by atoms with van der Waals surface area (Å²) in [4.78, 5) is 11.0. The zero-order chi connectivity index (χ0) is 9.56. The Hall–Kier alpha value is -0.570. The third-order valence-corrected chi connectivity index (χ3v) is 2.08. The fourth-order valence-corrected chi connectivity index (χ4v) is 0.916. The van der Waals surface area contributed by atoms with Gasteiger partial charge in [0.05, 0.1) is 13.0 Å². The number of ether oxygens (including phenoxy) is 1. The summed E-state index contributed by atoms with van der Waals surface area (Å²) in [6.07, 6.45) is 1.34. The van der Waals surface area contributed by atoms with E-state index in [1.54, 1.807) is 6.92 Å². The molecule has 0 fully saturated rings. The summed E-state index contributed by atoms with van der Waals surface area (Å²) in [7, 11) is 0. The lowest BCUT2D eigenvalue weighted by molar-refractivity contribution is -0.143. The zero-order valence-electron chi connectivity index (χ0n) is 8.17. The van der Waals surface area contributed by atoms with Crippen LogP contribution in [0.3, 0.4) is 0 Å². The lowest BCUT2D eigenvalue weighted by Gasteiger charge is -2.16. The van der Waals surface area contributed by atoms with Crippen molar-refractivity contribution in [2.24, 2.45) is 11.7 Å². The maximum absolute atomic E-state index is 11.0. The van der Waals surface area contributed by atoms with Crippen molar-refractivity contribution in [2.75, 3.05) is 6.61 Å². The quantitative estimate of drug-likeness (QED) is 0.638. The van der Waals surface area contributed by atoms with Crippen molar-refractivity contribution in [1.82, 2.24) is 0 Å². The molecule has 2 N–H and O–H groups in total. The van der Waals surface area contributed by atoms with Gasteiger partial charge in [0, 0.05) is 6.04 Å². The third-order valence-electron chi connectivity index (χ3n) is 2.08. The monoisotopic (exact) mass is 173 g/mol. The average molecular weight is 173 g/mol. The van der Waals surface area contributed by atoms with Crippen LogP contribution in [0.1, 0.15) is 33.6 Å². The molecule has 3 nitrogen and oxygen atoms in total. The molecule has 1 unspecified atom stereocenters. The van der Waals surface area contributed by atoms with Crippen molar-refractivity contribution >= 4 is 5.97 Å². The highest BCUT2D eigenvalue weighted by atomic mass is 16.5. The lowest BCUT2D eigenvalue weighted by Crippen LogP contribution is -2.31. The maximum Gasteiger partial charge on any atom is 0.307 e. The van der Waals surface area contributed by atoms with Crippen LogP contribution < -0.4 is 5.73 Å². The first-order valence-electron chi connectivity index (χ1n) is 4.53. The smallest absolute Gasteiger partial charge is 0.307 e. The van der Waals surface area contributed by atoms with E-state index in [9.17, 15) is 4.79 Å². The molecule has 0 saturated carbocycles. The molecule has 3 heteroatoms. The minimum absolute atomic E-state index is 0.0611. The summed E-state index contributed by atoms with van der Waals surface area (Å²) < 4.78 is 4.79. The summed E-state index contributed by atoms with van der Waals surface area (Å²) in [6.45, 7) is 6.35. The van der Waals surface area contributed by atoms with E-state index < -0.39 is 0 Å². The predicted octanol–water partition coefficient (Wildman–Crippen LogP) is 1.31. The average Bonchev–Trinajstić information content (AvgIpc) is 2.03. The molecule has 0 amide bonds. The molecule has 0 aliphatic carbocycles. The Kier molecular flexibility index (Phi) is 5.72. The second kappa shape index (κ2) is 6.00. The van der Waals surface area contributed by atoms with Gasteiger partial charge < -0.3 is 10.5 Å². The van der Waals surface area contributed by atoms with E-state index >= 15 is 0 Å². The number of nitrogens with two attached hydrogens (primary N) is 1. The van der Waals surface area contributed by atoms with Crippen molar-refractivity contribution < 1.29 is 9.53 Å². The van der Waals surface area contributed by atoms with E-state index in [0.29, 0.717) is 18.9 Å². The van der Waals surface area contributed by atoms with Crippen molar-refractivity contribution in [3.05, 3.63) is 0 Å². The van der Waals surface area contributed by atoms with Gasteiger partial charge in [-0.15, -0.1) is 0 Å². The van der Waals surface area contributed by atoms with Crippen LogP contribution in [-0.4, -0.2) is 18.6 Å². The van der Waals surface area contributed by atoms with Gasteiger partial charge in [0.1, 0.15) is 0 Å². The van der Waals surface area contributed by atoms with Crippen molar-refractivity contribution in [3.63, 3.8) is 0 Å². The molecule has 0 aromatic rings. The van der Waals surface area contributed by atoms with Gasteiger partial charge in [-0.2, -0.15) is 0 Å². The second-order valence-corrected chi connectivity index (χ2v) is 3.06. The zero-order valence-corrected chi connectivity index (χ0v) is 8.17.